The molecule has 0 radical (unpaired) electrons. The number of nitrogens with one attached hydrogen (secondary N) is 2. The average molecular weight is 743 g/mol. The first kappa shape index (κ1) is 37.2. The van der Waals surface area contributed by atoms with Gasteiger partial charge in [0.25, 0.3) is 5.91 Å². The lowest BCUT2D eigenvalue weighted by Crippen LogP contribution is -2.57. The molecule has 5 N–H and O–H groups in total. The summed E-state index contributed by atoms with van der Waals surface area (Å²) in [5, 5.41) is 45.0. The quantitative estimate of drug-likeness (QED) is 0.180. The fraction of sp³-hybridized carbons (Fsp3) is 0.595. The molecule has 1 saturated heterocycles. The van der Waals surface area contributed by atoms with Crippen LogP contribution in [0.2, 0.25) is 0 Å². The van der Waals surface area contributed by atoms with E-state index in [2.05, 4.69) is 49.9 Å². The van der Waals surface area contributed by atoms with Crippen LogP contribution in [0.4, 0.5) is 19.0 Å². The smallest absolute Gasteiger partial charge is 0.434 e. The molecule has 3 aliphatic carbocycles. The van der Waals surface area contributed by atoms with E-state index in [9.17, 15) is 33.3 Å². The van der Waals surface area contributed by atoms with Crippen molar-refractivity contribution >= 4 is 11.7 Å². The number of nitrogens with zero attached hydrogens (tertiary/aromatic N) is 4. The number of aliphatic hydroxyl groups is 3. The molecular weight excluding hydrogens is 697 g/mol. The Morgan fingerprint density at radius 2 is 1.89 bits per heavy atom. The van der Waals surface area contributed by atoms with Gasteiger partial charge in [0.1, 0.15) is 36.5 Å². The van der Waals surface area contributed by atoms with Gasteiger partial charge in [-0.25, -0.2) is 4.98 Å². The number of rotatable bonds is 11. The summed E-state index contributed by atoms with van der Waals surface area (Å²) in [6.45, 7) is 2.71. The van der Waals surface area contributed by atoms with E-state index in [1.54, 1.807) is 0 Å². The van der Waals surface area contributed by atoms with Crippen LogP contribution in [0.25, 0.3) is 0 Å². The van der Waals surface area contributed by atoms with Crippen molar-refractivity contribution in [2.24, 2.45) is 17.3 Å². The van der Waals surface area contributed by atoms with Crippen LogP contribution in [-0.2, 0) is 17.3 Å². The lowest BCUT2D eigenvalue weighted by Gasteiger charge is -2.50. The summed E-state index contributed by atoms with van der Waals surface area (Å²) in [6.07, 6.45) is -0.0136. The molecule has 1 aromatic carbocycles. The summed E-state index contributed by atoms with van der Waals surface area (Å²) in [5.74, 6) is 2.04. The molecule has 53 heavy (non-hydrogen) atoms. The molecule has 3 fully saturated rings. The Hall–Kier alpha value is -4.12. The van der Waals surface area contributed by atoms with Gasteiger partial charge in [0.2, 0.25) is 5.88 Å². The molecule has 13 nitrogen and oxygen atoms in total. The van der Waals surface area contributed by atoms with E-state index in [1.807, 2.05) is 6.07 Å². The molecule has 0 bridgehead atoms. The van der Waals surface area contributed by atoms with Gasteiger partial charge in [-0.05, 0) is 97.4 Å². The Labute approximate surface area is 304 Å². The number of benzene rings is 1. The van der Waals surface area contributed by atoms with Crippen LogP contribution in [-0.4, -0.2) is 98.2 Å². The van der Waals surface area contributed by atoms with Gasteiger partial charge in [-0.1, -0.05) is 13.0 Å². The largest absolute Gasteiger partial charge is 0.494 e. The van der Waals surface area contributed by atoms with E-state index in [-0.39, 0.29) is 42.1 Å². The van der Waals surface area contributed by atoms with Crippen LogP contribution in [0.3, 0.4) is 0 Å². The van der Waals surface area contributed by atoms with E-state index in [0.29, 0.717) is 43.5 Å². The highest BCUT2D eigenvalue weighted by Crippen LogP contribution is 2.61. The monoisotopic (exact) mass is 742 g/mol. The van der Waals surface area contributed by atoms with Crippen molar-refractivity contribution in [1.82, 2.24) is 25.5 Å². The van der Waals surface area contributed by atoms with Crippen LogP contribution < -0.4 is 20.1 Å². The first-order valence-electron chi connectivity index (χ1n) is 18.2. The van der Waals surface area contributed by atoms with Crippen LogP contribution in [0.15, 0.2) is 42.7 Å². The normalized spacial score (nSPS) is 30.8. The second-order valence-corrected chi connectivity index (χ2v) is 14.8. The van der Waals surface area contributed by atoms with Crippen LogP contribution in [0, 0.1) is 17.3 Å². The van der Waals surface area contributed by atoms with Gasteiger partial charge in [0.15, 0.2) is 11.4 Å². The van der Waals surface area contributed by atoms with E-state index < -0.39 is 42.1 Å². The third kappa shape index (κ3) is 7.91. The lowest BCUT2D eigenvalue weighted by atomic mass is 9.55. The van der Waals surface area contributed by atoms with Crippen molar-refractivity contribution in [2.75, 3.05) is 31.7 Å². The zero-order valence-corrected chi connectivity index (χ0v) is 29.3. The van der Waals surface area contributed by atoms with Crippen LogP contribution in [0.5, 0.6) is 11.6 Å². The second kappa shape index (κ2) is 15.3. The van der Waals surface area contributed by atoms with Gasteiger partial charge in [-0.3, -0.25) is 9.78 Å². The van der Waals surface area contributed by atoms with Crippen LogP contribution in [0.1, 0.15) is 78.7 Å². The van der Waals surface area contributed by atoms with E-state index >= 15 is 0 Å². The fourth-order valence-electron chi connectivity index (χ4n) is 8.78. The average Bonchev–Trinajstić information content (AvgIpc) is 3.46. The highest BCUT2D eigenvalue weighted by Gasteiger charge is 2.54. The van der Waals surface area contributed by atoms with Crippen molar-refractivity contribution in [3.05, 3.63) is 65.2 Å². The van der Waals surface area contributed by atoms with Gasteiger partial charge in [-0.15, -0.1) is 10.2 Å². The summed E-state index contributed by atoms with van der Waals surface area (Å²) in [5.41, 5.74) is 1.75. The molecule has 0 unspecified atom stereocenters. The van der Waals surface area contributed by atoms with E-state index in [1.165, 1.54) is 23.3 Å². The SMILES string of the molecule is C[C@]12CC[C@@H]3c4ccc(OCCCNC(=O)c5ccc(OC[C@H]6OC[C@H](Nc7cncc(C(F)(F)F)n7)[C@@H](O)[C@H]6O)nn5)cc4CC[C@H]3[C@@H]1CC[C@@H]2O. The molecule has 1 amide bonds. The molecule has 9 atom stereocenters. The molecule has 1 aliphatic heterocycles. The topological polar surface area (TPSA) is 181 Å². The highest BCUT2D eigenvalue weighted by atomic mass is 19.4. The number of carbonyl (C=O) groups is 1. The lowest BCUT2D eigenvalue weighted by molar-refractivity contribution is -0.150. The van der Waals surface area contributed by atoms with Crippen molar-refractivity contribution in [1.29, 1.82) is 0 Å². The number of ether oxygens (including phenoxy) is 3. The van der Waals surface area contributed by atoms with Gasteiger partial charge in [0.05, 0.1) is 37.8 Å². The summed E-state index contributed by atoms with van der Waals surface area (Å²) in [4.78, 5) is 19.6. The molecule has 3 aromatic rings. The maximum absolute atomic E-state index is 13.0. The molecular formula is C37H45F3N6O7. The fourth-order valence-corrected chi connectivity index (χ4v) is 8.78. The number of anilines is 1. The molecule has 4 aliphatic rings. The predicted molar refractivity (Wildman–Crippen MR) is 183 cm³/mol. The summed E-state index contributed by atoms with van der Waals surface area (Å²) in [7, 11) is 0. The van der Waals surface area contributed by atoms with Gasteiger partial charge >= 0.3 is 6.18 Å². The van der Waals surface area contributed by atoms with Crippen LogP contribution >= 0.6 is 0 Å². The predicted octanol–water partition coefficient (Wildman–Crippen LogP) is 3.68. The Bertz CT molecular complexity index is 1750. The molecule has 3 heterocycles. The number of fused-ring (bicyclic) bond motifs is 5. The first-order valence-corrected chi connectivity index (χ1v) is 18.2. The third-order valence-electron chi connectivity index (χ3n) is 11.7. The standard InChI is InChI=1S/C37H45F3N6O7/c1-36-12-11-23-22-6-4-21(15-20(22)3-5-24(23)25(36)7-9-30(36)47)51-14-2-13-42-35(50)26-8-10-32(46-45-26)53-19-28-34(49)33(48)27(18-52-28)43-31-17-41-16-29(44-31)37(38,39)40/h4,6,8,10,15-17,23-25,27-28,30,33-34,47-49H,2-3,5,7,9,11-14,18-19H2,1H3,(H,42,50)(H,43,44)/t23-,24-,25+,27+,28-,30+,33-,34+,36+/m1/s1. The van der Waals surface area contributed by atoms with Gasteiger partial charge < -0.3 is 40.2 Å². The highest BCUT2D eigenvalue weighted by molar-refractivity contribution is 5.92. The zero-order valence-electron chi connectivity index (χ0n) is 29.3. The second-order valence-electron chi connectivity index (χ2n) is 14.8. The van der Waals surface area contributed by atoms with Crippen molar-refractivity contribution < 1.29 is 47.5 Å². The van der Waals surface area contributed by atoms with Gasteiger partial charge in [-0.2, -0.15) is 13.2 Å². The summed E-state index contributed by atoms with van der Waals surface area (Å²) >= 11 is 0. The minimum atomic E-state index is -4.69. The molecule has 2 aromatic heterocycles. The third-order valence-corrected chi connectivity index (χ3v) is 11.7. The number of aromatic nitrogens is 4. The maximum atomic E-state index is 13.0. The minimum Gasteiger partial charge on any atom is -0.494 e. The first-order chi connectivity index (χ1) is 25.4. The Kier molecular flexibility index (Phi) is 10.8. The number of aryl methyl sites for hydroxylation is 1. The molecule has 0 spiro atoms. The number of amides is 1. The molecule has 2 saturated carbocycles. The maximum Gasteiger partial charge on any atom is 0.434 e. The van der Waals surface area contributed by atoms with Crippen molar-refractivity contribution in [3.8, 4) is 11.6 Å². The number of hydrogen-bond donors (Lipinski definition) is 5. The molecule has 7 rings (SSSR count). The zero-order chi connectivity index (χ0) is 37.3. The minimum absolute atomic E-state index is 0.0552. The Morgan fingerprint density at radius 3 is 2.68 bits per heavy atom. The Morgan fingerprint density at radius 1 is 1.04 bits per heavy atom. The summed E-state index contributed by atoms with van der Waals surface area (Å²) < 4.78 is 56.0. The number of hydrogen-bond acceptors (Lipinski definition) is 12. The number of halogens is 3. The van der Waals surface area contributed by atoms with E-state index in [0.717, 1.165) is 50.5 Å². The number of carbonyl (C=O) groups excluding carboxylic acids is 1. The van der Waals surface area contributed by atoms with E-state index in [4.69, 9.17) is 14.2 Å². The van der Waals surface area contributed by atoms with Crippen molar-refractivity contribution in [3.63, 3.8) is 0 Å². The van der Waals surface area contributed by atoms with Crippen molar-refractivity contribution in [2.45, 2.75) is 94.4 Å². The summed E-state index contributed by atoms with van der Waals surface area (Å²) in [6, 6.07) is 8.36. The number of alkyl halides is 3. The van der Waals surface area contributed by atoms with Gasteiger partial charge in [0, 0.05) is 12.6 Å². The molecule has 286 valence electrons. The molecule has 16 heteroatoms. The Balaban J connectivity index is 0.812. The number of aliphatic hydroxyl groups excluding tert-OH is 3.